The fourth-order valence-electron chi connectivity index (χ4n) is 5.89. The van der Waals surface area contributed by atoms with Gasteiger partial charge >= 0.3 is 5.97 Å². The topological polar surface area (TPSA) is 105 Å². The van der Waals surface area contributed by atoms with Gasteiger partial charge in [0.25, 0.3) is 11.8 Å². The van der Waals surface area contributed by atoms with E-state index in [0.29, 0.717) is 43.6 Å². The summed E-state index contributed by atoms with van der Waals surface area (Å²) in [7, 11) is 0. The first-order chi connectivity index (χ1) is 18.3. The molecule has 1 saturated carbocycles. The van der Waals surface area contributed by atoms with Gasteiger partial charge in [-0.15, -0.1) is 0 Å². The minimum Gasteiger partial charge on any atom is -0.481 e. The second-order valence-electron chi connectivity index (χ2n) is 11.6. The van der Waals surface area contributed by atoms with E-state index in [9.17, 15) is 28.3 Å². The van der Waals surface area contributed by atoms with Gasteiger partial charge in [-0.2, -0.15) is 5.10 Å². The van der Waals surface area contributed by atoms with E-state index >= 15 is 0 Å². The maximum Gasteiger partial charge on any atom is 0.305 e. The lowest BCUT2D eigenvalue weighted by Crippen LogP contribution is -2.51. The molecule has 2 fully saturated rings. The number of hydrogen-bond acceptors (Lipinski definition) is 5. The smallest absolute Gasteiger partial charge is 0.305 e. The Bertz CT molecular complexity index is 1210. The van der Waals surface area contributed by atoms with Crippen LogP contribution in [0, 0.1) is 0 Å². The van der Waals surface area contributed by atoms with Crippen LogP contribution in [-0.4, -0.2) is 62.1 Å². The molecule has 0 spiro atoms. The fraction of sp³-hybridized carbons (Fsp3) is 0.586. The first-order valence-corrected chi connectivity index (χ1v) is 13.7. The highest BCUT2D eigenvalue weighted by Crippen LogP contribution is 2.39. The van der Waals surface area contributed by atoms with Crippen LogP contribution < -0.4 is 5.32 Å². The van der Waals surface area contributed by atoms with Gasteiger partial charge in [0, 0.05) is 55.6 Å². The third-order valence-corrected chi connectivity index (χ3v) is 7.97. The largest absolute Gasteiger partial charge is 0.481 e. The van der Waals surface area contributed by atoms with Crippen molar-refractivity contribution in [3.63, 3.8) is 0 Å². The number of aliphatic carboxylic acids is 1. The lowest BCUT2D eigenvalue weighted by Gasteiger charge is -2.42. The van der Waals surface area contributed by atoms with Gasteiger partial charge in [0.15, 0.2) is 5.69 Å². The maximum atomic E-state index is 14.5. The molecule has 2 aromatic rings. The van der Waals surface area contributed by atoms with Crippen molar-refractivity contribution in [3.8, 4) is 11.3 Å². The molecule has 2 N–H and O–H groups in total. The van der Waals surface area contributed by atoms with Crippen LogP contribution in [0.2, 0.25) is 0 Å². The summed E-state index contributed by atoms with van der Waals surface area (Å²) in [6.07, 6.45) is 4.69. The summed E-state index contributed by atoms with van der Waals surface area (Å²) in [4.78, 5) is 39.0. The third-order valence-electron chi connectivity index (χ3n) is 7.97. The van der Waals surface area contributed by atoms with Crippen LogP contribution in [0.4, 0.5) is 8.78 Å². The molecule has 212 valence electrons. The van der Waals surface area contributed by atoms with Gasteiger partial charge in [-0.1, -0.05) is 37.1 Å². The molecule has 1 aromatic heterocycles. The molecular formula is C29H38F2N4O4. The molecule has 8 nitrogen and oxygen atoms in total. The second-order valence-corrected chi connectivity index (χ2v) is 11.6. The Hall–Kier alpha value is -3.14. The summed E-state index contributed by atoms with van der Waals surface area (Å²) in [5.41, 5.74) is 0.385. The maximum absolute atomic E-state index is 14.5. The number of nitrogens with one attached hydrogen (secondary N) is 1. The van der Waals surface area contributed by atoms with E-state index < -0.39 is 23.8 Å². The zero-order valence-electron chi connectivity index (χ0n) is 22.9. The molecule has 1 amide bonds. The van der Waals surface area contributed by atoms with E-state index in [-0.39, 0.29) is 35.0 Å². The van der Waals surface area contributed by atoms with Crippen LogP contribution in [-0.2, 0) is 15.5 Å². The van der Waals surface area contributed by atoms with Gasteiger partial charge in [0.2, 0.25) is 0 Å². The highest BCUT2D eigenvalue weighted by atomic mass is 19.3. The number of piperidine rings is 1. The fourth-order valence-corrected chi connectivity index (χ4v) is 5.89. The Balaban J connectivity index is 1.58. The highest BCUT2D eigenvalue weighted by Gasteiger charge is 2.35. The molecule has 1 aliphatic heterocycles. The Labute approximate surface area is 227 Å². The average molecular weight is 545 g/mol. The number of hydrogen-bond donors (Lipinski definition) is 2. The van der Waals surface area contributed by atoms with E-state index in [1.165, 1.54) is 12.1 Å². The Morgan fingerprint density at radius 2 is 1.92 bits per heavy atom. The third kappa shape index (κ3) is 6.90. The molecule has 10 heteroatoms. The van der Waals surface area contributed by atoms with Crippen molar-refractivity contribution in [1.29, 1.82) is 0 Å². The summed E-state index contributed by atoms with van der Waals surface area (Å²) in [5, 5.41) is 16.9. The second kappa shape index (κ2) is 11.5. The number of rotatable bonds is 10. The van der Waals surface area contributed by atoms with E-state index in [1.807, 2.05) is 13.8 Å². The zero-order valence-corrected chi connectivity index (χ0v) is 22.9. The number of Topliss-reactive ketones (excluding diaryl/α,β-unsaturated/α-hetero) is 1. The Morgan fingerprint density at radius 3 is 2.56 bits per heavy atom. The number of benzene rings is 1. The number of ketones is 1. The van der Waals surface area contributed by atoms with E-state index in [0.717, 1.165) is 32.6 Å². The summed E-state index contributed by atoms with van der Waals surface area (Å²) in [5.74, 6) is -4.44. The molecule has 4 rings (SSSR count). The number of alkyl halides is 2. The van der Waals surface area contributed by atoms with Crippen LogP contribution in [0.25, 0.3) is 11.3 Å². The number of amides is 1. The predicted octanol–water partition coefficient (Wildman–Crippen LogP) is 5.18. The quantitative estimate of drug-likeness (QED) is 0.427. The molecule has 1 saturated heterocycles. The summed E-state index contributed by atoms with van der Waals surface area (Å²) < 4.78 is 30.7. The van der Waals surface area contributed by atoms with Crippen LogP contribution in [0.5, 0.6) is 0 Å². The zero-order chi connectivity index (χ0) is 28.4. The minimum absolute atomic E-state index is 0.000977. The van der Waals surface area contributed by atoms with Crippen LogP contribution in [0.15, 0.2) is 30.3 Å². The normalized spacial score (nSPS) is 19.3. The molecular weight excluding hydrogens is 506 g/mol. The van der Waals surface area contributed by atoms with Gasteiger partial charge in [0.1, 0.15) is 5.78 Å². The number of nitrogens with zero attached hydrogens (tertiary/aromatic N) is 3. The van der Waals surface area contributed by atoms with Crippen molar-refractivity contribution in [2.75, 3.05) is 13.1 Å². The van der Waals surface area contributed by atoms with E-state index in [2.05, 4.69) is 15.3 Å². The minimum atomic E-state index is -3.08. The van der Waals surface area contributed by atoms with Gasteiger partial charge in [-0.05, 0) is 39.2 Å². The molecule has 1 atom stereocenters. The lowest BCUT2D eigenvalue weighted by molar-refractivity contribution is -0.137. The van der Waals surface area contributed by atoms with Crippen molar-refractivity contribution < 1.29 is 28.3 Å². The number of likely N-dealkylation sites (tertiary alicyclic amines) is 1. The highest BCUT2D eigenvalue weighted by molar-refractivity contribution is 5.94. The molecule has 0 unspecified atom stereocenters. The standard InChI is InChI=1S/C29H38F2N4O4/c1-28(2)18-21(36)13-15-34(28)14-12-19(16-26(37)38)32-27(39)24-17-25(35(33-24)20-8-4-5-9-20)22-10-6-7-11-23(22)29(3,30)31/h6-7,10-11,17,19-20H,4-5,8-9,12-16,18H2,1-3H3,(H,32,39)(H,37,38)/t19-/m0/s1. The molecule has 0 bridgehead atoms. The summed E-state index contributed by atoms with van der Waals surface area (Å²) in [6, 6.07) is 7.14. The summed E-state index contributed by atoms with van der Waals surface area (Å²) >= 11 is 0. The van der Waals surface area contributed by atoms with Gasteiger partial charge < -0.3 is 10.4 Å². The monoisotopic (exact) mass is 544 g/mol. The number of carbonyl (C=O) groups is 3. The van der Waals surface area contributed by atoms with E-state index in [1.54, 1.807) is 22.9 Å². The van der Waals surface area contributed by atoms with Crippen molar-refractivity contribution in [2.45, 2.75) is 95.7 Å². The van der Waals surface area contributed by atoms with Gasteiger partial charge in [-0.3, -0.25) is 24.0 Å². The number of aromatic nitrogens is 2. The Morgan fingerprint density at radius 1 is 1.23 bits per heavy atom. The van der Waals surface area contributed by atoms with Gasteiger partial charge in [-0.25, -0.2) is 8.78 Å². The Kier molecular flexibility index (Phi) is 8.54. The van der Waals surface area contributed by atoms with Crippen molar-refractivity contribution in [2.24, 2.45) is 0 Å². The lowest BCUT2D eigenvalue weighted by atomic mass is 9.89. The number of halogens is 2. The van der Waals surface area contributed by atoms with Crippen LogP contribution in [0.3, 0.4) is 0 Å². The number of carbonyl (C=O) groups excluding carboxylic acids is 2. The van der Waals surface area contributed by atoms with Crippen molar-refractivity contribution in [1.82, 2.24) is 20.0 Å². The molecule has 2 heterocycles. The molecule has 1 aliphatic carbocycles. The number of carboxylic acids is 1. The molecule has 39 heavy (non-hydrogen) atoms. The first-order valence-electron chi connectivity index (χ1n) is 13.7. The number of carboxylic acid groups (broad SMARTS) is 1. The first kappa shape index (κ1) is 28.9. The SMILES string of the molecule is CC(F)(F)c1ccccc1-c1cc(C(=O)N[C@@H](CCN2CCC(=O)CC2(C)C)CC(=O)O)nn1C1CCCC1. The molecule has 1 aromatic carbocycles. The van der Waals surface area contributed by atoms with E-state index in [4.69, 9.17) is 0 Å². The van der Waals surface area contributed by atoms with Crippen LogP contribution in [0.1, 0.15) is 94.2 Å². The van der Waals surface area contributed by atoms with Crippen LogP contribution >= 0.6 is 0 Å². The molecule has 2 aliphatic rings. The molecule has 0 radical (unpaired) electrons. The average Bonchev–Trinajstić information content (AvgIpc) is 3.52. The summed E-state index contributed by atoms with van der Waals surface area (Å²) in [6.45, 7) is 5.95. The van der Waals surface area contributed by atoms with Gasteiger partial charge in [0.05, 0.1) is 18.2 Å². The van der Waals surface area contributed by atoms with Crippen molar-refractivity contribution in [3.05, 3.63) is 41.6 Å². The predicted molar refractivity (Wildman–Crippen MR) is 143 cm³/mol. The van der Waals surface area contributed by atoms with Crippen molar-refractivity contribution >= 4 is 17.7 Å².